The second-order valence-corrected chi connectivity index (χ2v) is 6.15. The summed E-state index contributed by atoms with van der Waals surface area (Å²) in [5, 5.41) is 2.93. The molecule has 3 nitrogen and oxygen atoms in total. The molecule has 0 radical (unpaired) electrons. The predicted molar refractivity (Wildman–Crippen MR) is 100 cm³/mol. The molecule has 1 heterocycles. The van der Waals surface area contributed by atoms with E-state index < -0.39 is 0 Å². The first kappa shape index (κ1) is 17.8. The summed E-state index contributed by atoms with van der Waals surface area (Å²) in [6.45, 7) is 0.531. The van der Waals surface area contributed by atoms with Gasteiger partial charge in [-0.2, -0.15) is 0 Å². The molecule has 1 amide bonds. The molecule has 0 aliphatic rings. The number of benzene rings is 2. The predicted octanol–water partition coefficient (Wildman–Crippen LogP) is 4.10. The average Bonchev–Trinajstić information content (AvgIpc) is 2.68. The van der Waals surface area contributed by atoms with Crippen LogP contribution in [-0.4, -0.2) is 17.4 Å². The number of aromatic nitrogens is 1. The fourth-order valence-corrected chi connectivity index (χ4v) is 3.00. The van der Waals surface area contributed by atoms with Gasteiger partial charge in [0.25, 0.3) is 0 Å². The van der Waals surface area contributed by atoms with Crippen LogP contribution in [-0.2, 0) is 11.2 Å². The number of hydrogen-bond acceptors (Lipinski definition) is 2. The van der Waals surface area contributed by atoms with Gasteiger partial charge in [0.15, 0.2) is 0 Å². The summed E-state index contributed by atoms with van der Waals surface area (Å²) < 4.78 is 14.3. The lowest BCUT2D eigenvalue weighted by atomic mass is 9.88. The SMILES string of the molecule is O=C(C[C@H](c1ccccc1)c1ccccc1F)NCCc1cccnc1. The maximum absolute atomic E-state index is 14.3. The number of rotatable bonds is 7. The highest BCUT2D eigenvalue weighted by Crippen LogP contribution is 2.29. The second kappa shape index (κ2) is 8.90. The molecule has 3 rings (SSSR count). The van der Waals surface area contributed by atoms with Crippen LogP contribution in [0.5, 0.6) is 0 Å². The highest BCUT2D eigenvalue weighted by Gasteiger charge is 2.20. The summed E-state index contributed by atoms with van der Waals surface area (Å²) >= 11 is 0. The van der Waals surface area contributed by atoms with Gasteiger partial charge in [-0.25, -0.2) is 4.39 Å². The number of carbonyl (C=O) groups excluding carboxylic acids is 1. The normalized spacial score (nSPS) is 11.7. The lowest BCUT2D eigenvalue weighted by molar-refractivity contribution is -0.121. The van der Waals surface area contributed by atoms with Crippen molar-refractivity contribution in [2.75, 3.05) is 6.54 Å². The van der Waals surface area contributed by atoms with Crippen molar-refractivity contribution in [2.24, 2.45) is 0 Å². The van der Waals surface area contributed by atoms with Crippen LogP contribution in [0, 0.1) is 5.82 Å². The Kier molecular flexibility index (Phi) is 6.09. The number of pyridine rings is 1. The van der Waals surface area contributed by atoms with E-state index in [1.165, 1.54) is 6.07 Å². The molecule has 0 aliphatic heterocycles. The van der Waals surface area contributed by atoms with E-state index in [2.05, 4.69) is 10.3 Å². The smallest absolute Gasteiger partial charge is 0.220 e. The summed E-state index contributed by atoms with van der Waals surface area (Å²) in [4.78, 5) is 16.5. The van der Waals surface area contributed by atoms with Gasteiger partial charge in [-0.15, -0.1) is 0 Å². The number of nitrogens with zero attached hydrogens (tertiary/aromatic N) is 1. The summed E-state index contributed by atoms with van der Waals surface area (Å²) in [6, 6.07) is 20.1. The van der Waals surface area contributed by atoms with Gasteiger partial charge in [-0.3, -0.25) is 9.78 Å². The summed E-state index contributed by atoms with van der Waals surface area (Å²) in [6.07, 6.45) is 4.44. The standard InChI is InChI=1S/C22H21FN2O/c23-21-11-5-4-10-19(21)20(18-8-2-1-3-9-18)15-22(26)25-14-12-17-7-6-13-24-16-17/h1-11,13,16,20H,12,14-15H2,(H,25,26)/t20-/m1/s1. The van der Waals surface area contributed by atoms with Crippen molar-refractivity contribution < 1.29 is 9.18 Å². The van der Waals surface area contributed by atoms with E-state index in [0.29, 0.717) is 12.1 Å². The fraction of sp³-hybridized carbons (Fsp3) is 0.182. The Hall–Kier alpha value is -3.01. The van der Waals surface area contributed by atoms with Gasteiger partial charge in [-0.05, 0) is 35.2 Å². The number of carbonyl (C=O) groups is 1. The zero-order chi connectivity index (χ0) is 18.2. The Morgan fingerprint density at radius 1 is 1.00 bits per heavy atom. The third-order valence-electron chi connectivity index (χ3n) is 4.33. The first-order valence-electron chi connectivity index (χ1n) is 8.69. The molecule has 0 aliphatic carbocycles. The van der Waals surface area contributed by atoms with Crippen molar-refractivity contribution in [2.45, 2.75) is 18.8 Å². The minimum Gasteiger partial charge on any atom is -0.356 e. The zero-order valence-corrected chi connectivity index (χ0v) is 14.4. The van der Waals surface area contributed by atoms with Gasteiger partial charge in [0.1, 0.15) is 5.82 Å². The number of hydrogen-bond donors (Lipinski definition) is 1. The van der Waals surface area contributed by atoms with Crippen LogP contribution < -0.4 is 5.32 Å². The minimum absolute atomic E-state index is 0.0917. The summed E-state index contributed by atoms with van der Waals surface area (Å²) in [7, 11) is 0. The van der Waals surface area contributed by atoms with Gasteiger partial charge in [0, 0.05) is 31.3 Å². The Bertz CT molecular complexity index is 837. The monoisotopic (exact) mass is 348 g/mol. The van der Waals surface area contributed by atoms with Crippen LogP contribution in [0.4, 0.5) is 4.39 Å². The number of halogens is 1. The van der Waals surface area contributed by atoms with E-state index >= 15 is 0 Å². The molecule has 0 saturated carbocycles. The largest absolute Gasteiger partial charge is 0.356 e. The molecule has 0 saturated heterocycles. The first-order valence-corrected chi connectivity index (χ1v) is 8.69. The fourth-order valence-electron chi connectivity index (χ4n) is 3.00. The number of amides is 1. The van der Waals surface area contributed by atoms with Crippen LogP contribution >= 0.6 is 0 Å². The molecule has 1 aromatic heterocycles. The van der Waals surface area contributed by atoms with Gasteiger partial charge in [0.2, 0.25) is 5.91 Å². The third-order valence-corrected chi connectivity index (χ3v) is 4.33. The summed E-state index contributed by atoms with van der Waals surface area (Å²) in [5.41, 5.74) is 2.54. The molecule has 3 aromatic rings. The Labute approximate surface area is 152 Å². The lowest BCUT2D eigenvalue weighted by Crippen LogP contribution is -2.27. The van der Waals surface area contributed by atoms with E-state index in [4.69, 9.17) is 0 Å². The third kappa shape index (κ3) is 4.76. The van der Waals surface area contributed by atoms with E-state index in [0.717, 1.165) is 17.5 Å². The van der Waals surface area contributed by atoms with Crippen molar-refractivity contribution in [1.29, 1.82) is 0 Å². The molecule has 0 spiro atoms. The van der Waals surface area contributed by atoms with E-state index in [1.807, 2.05) is 42.5 Å². The molecular weight excluding hydrogens is 327 g/mol. The molecule has 1 N–H and O–H groups in total. The van der Waals surface area contributed by atoms with Crippen LogP contribution in [0.25, 0.3) is 0 Å². The van der Waals surface area contributed by atoms with Gasteiger partial charge < -0.3 is 5.32 Å². The molecule has 1 atom stereocenters. The van der Waals surface area contributed by atoms with Crippen molar-refractivity contribution in [3.63, 3.8) is 0 Å². The van der Waals surface area contributed by atoms with Crippen molar-refractivity contribution in [1.82, 2.24) is 10.3 Å². The lowest BCUT2D eigenvalue weighted by Gasteiger charge is -2.18. The topological polar surface area (TPSA) is 42.0 Å². The van der Waals surface area contributed by atoms with Crippen molar-refractivity contribution in [3.8, 4) is 0 Å². The molecular formula is C22H21FN2O. The van der Waals surface area contributed by atoms with Crippen LogP contribution in [0.1, 0.15) is 29.0 Å². The minimum atomic E-state index is -0.309. The Morgan fingerprint density at radius 2 is 1.77 bits per heavy atom. The Balaban J connectivity index is 1.68. The van der Waals surface area contributed by atoms with Gasteiger partial charge in [0.05, 0.1) is 0 Å². The first-order chi connectivity index (χ1) is 12.7. The van der Waals surface area contributed by atoms with E-state index in [1.54, 1.807) is 30.6 Å². The maximum atomic E-state index is 14.3. The van der Waals surface area contributed by atoms with Gasteiger partial charge in [-0.1, -0.05) is 54.6 Å². The summed E-state index contributed by atoms with van der Waals surface area (Å²) in [5.74, 6) is -0.689. The quantitative estimate of drug-likeness (QED) is 0.698. The molecule has 4 heteroatoms. The van der Waals surface area contributed by atoms with Crippen LogP contribution in [0.3, 0.4) is 0 Å². The van der Waals surface area contributed by atoms with Crippen LogP contribution in [0.2, 0.25) is 0 Å². The van der Waals surface area contributed by atoms with E-state index in [9.17, 15) is 9.18 Å². The average molecular weight is 348 g/mol. The number of nitrogens with one attached hydrogen (secondary N) is 1. The highest BCUT2D eigenvalue weighted by atomic mass is 19.1. The van der Waals surface area contributed by atoms with Gasteiger partial charge >= 0.3 is 0 Å². The molecule has 0 unspecified atom stereocenters. The molecule has 2 aromatic carbocycles. The molecule has 26 heavy (non-hydrogen) atoms. The van der Waals surface area contributed by atoms with Crippen LogP contribution in [0.15, 0.2) is 79.1 Å². The highest BCUT2D eigenvalue weighted by molar-refractivity contribution is 5.77. The maximum Gasteiger partial charge on any atom is 0.220 e. The van der Waals surface area contributed by atoms with Crippen molar-refractivity contribution in [3.05, 3.63) is 102 Å². The molecule has 0 bridgehead atoms. The Morgan fingerprint density at radius 3 is 2.50 bits per heavy atom. The van der Waals surface area contributed by atoms with Crippen molar-refractivity contribution >= 4 is 5.91 Å². The second-order valence-electron chi connectivity index (χ2n) is 6.15. The zero-order valence-electron chi connectivity index (χ0n) is 14.4. The molecule has 0 fully saturated rings. The molecule has 132 valence electrons. The van der Waals surface area contributed by atoms with E-state index in [-0.39, 0.29) is 24.1 Å².